The predicted molar refractivity (Wildman–Crippen MR) is 126 cm³/mol. The molecule has 0 aromatic carbocycles. The molecule has 6 atom stereocenters. The molecule has 0 heterocycles. The van der Waals surface area contributed by atoms with Gasteiger partial charge in [-0.25, -0.2) is 0 Å². The van der Waals surface area contributed by atoms with E-state index in [1.54, 1.807) is 5.57 Å². The summed E-state index contributed by atoms with van der Waals surface area (Å²) in [7, 11) is 0. The van der Waals surface area contributed by atoms with E-state index < -0.39 is 0 Å². The minimum absolute atomic E-state index is 0.182. The lowest BCUT2D eigenvalue weighted by molar-refractivity contribution is 0.112. The van der Waals surface area contributed by atoms with Gasteiger partial charge >= 0.3 is 0 Å². The molecule has 3 rings (SSSR count). The second-order valence-corrected chi connectivity index (χ2v) is 10.9. The van der Waals surface area contributed by atoms with Gasteiger partial charge in [-0.15, -0.1) is 0 Å². The molecule has 0 bridgehead atoms. The molecule has 0 aliphatic heterocycles. The monoisotopic (exact) mass is 396 g/mol. The van der Waals surface area contributed by atoms with Gasteiger partial charge in [-0.1, -0.05) is 76.6 Å². The Morgan fingerprint density at radius 2 is 1.79 bits per heavy atom. The second-order valence-electron chi connectivity index (χ2n) is 10.9. The summed E-state index contributed by atoms with van der Waals surface area (Å²) in [6, 6.07) is 0. The zero-order valence-electron chi connectivity index (χ0n) is 19.6. The molecule has 3 aliphatic rings. The van der Waals surface area contributed by atoms with E-state index in [-0.39, 0.29) is 6.10 Å². The maximum Gasteiger partial charge on any atom is 0.0583 e. The molecule has 3 saturated carbocycles. The summed E-state index contributed by atoms with van der Waals surface area (Å²) in [4.78, 5) is 0. The van der Waals surface area contributed by atoms with Crippen LogP contribution in [0.1, 0.15) is 86.0 Å². The summed E-state index contributed by atoms with van der Waals surface area (Å²) in [6.45, 7) is 16.3. The Bertz CT molecular complexity index is 678. The van der Waals surface area contributed by atoms with E-state index in [1.165, 1.54) is 43.3 Å². The molecule has 0 amide bonds. The number of allylic oxidation sites excluding steroid dienone is 6. The van der Waals surface area contributed by atoms with E-state index in [4.69, 9.17) is 0 Å². The van der Waals surface area contributed by atoms with Crippen molar-refractivity contribution in [1.82, 2.24) is 0 Å². The average molecular weight is 397 g/mol. The predicted octanol–water partition coefficient (Wildman–Crippen LogP) is 7.64. The molecule has 0 aromatic heterocycles. The highest BCUT2D eigenvalue weighted by Crippen LogP contribution is 2.59. The fraction of sp³-hybridized carbons (Fsp3) is 0.714. The fourth-order valence-electron chi connectivity index (χ4n) is 6.25. The van der Waals surface area contributed by atoms with Gasteiger partial charge in [0.15, 0.2) is 0 Å². The Morgan fingerprint density at radius 1 is 1.03 bits per heavy atom. The van der Waals surface area contributed by atoms with E-state index in [9.17, 15) is 5.11 Å². The Morgan fingerprint density at radius 3 is 2.52 bits per heavy atom. The van der Waals surface area contributed by atoms with Crippen molar-refractivity contribution < 1.29 is 5.11 Å². The van der Waals surface area contributed by atoms with Crippen LogP contribution in [0.5, 0.6) is 0 Å². The molecular formula is C28H44O. The van der Waals surface area contributed by atoms with E-state index in [0.29, 0.717) is 17.3 Å². The highest BCUT2D eigenvalue weighted by Gasteiger charge is 2.50. The van der Waals surface area contributed by atoms with Gasteiger partial charge < -0.3 is 5.11 Å². The van der Waals surface area contributed by atoms with Crippen molar-refractivity contribution in [1.29, 1.82) is 0 Å². The number of aliphatic hydroxyl groups is 1. The molecule has 0 radical (unpaired) electrons. The number of hydrogen-bond donors (Lipinski definition) is 1. The Balaban J connectivity index is 1.75. The summed E-state index contributed by atoms with van der Waals surface area (Å²) in [5.74, 6) is 3.58. The lowest BCUT2D eigenvalue weighted by Gasteiger charge is -2.44. The second kappa shape index (κ2) is 9.38. The fourth-order valence-corrected chi connectivity index (χ4v) is 6.25. The number of hydrogen-bond acceptors (Lipinski definition) is 1. The summed E-state index contributed by atoms with van der Waals surface area (Å²) in [5, 5.41) is 10.0. The molecular weight excluding hydrogens is 352 g/mol. The van der Waals surface area contributed by atoms with Gasteiger partial charge in [0.25, 0.3) is 0 Å². The van der Waals surface area contributed by atoms with Crippen LogP contribution in [0.25, 0.3) is 0 Å². The van der Waals surface area contributed by atoms with E-state index in [0.717, 1.165) is 37.0 Å². The molecule has 0 aromatic rings. The van der Waals surface area contributed by atoms with E-state index in [2.05, 4.69) is 65.5 Å². The van der Waals surface area contributed by atoms with Gasteiger partial charge in [0, 0.05) is 0 Å². The minimum Gasteiger partial charge on any atom is -0.393 e. The van der Waals surface area contributed by atoms with Gasteiger partial charge in [0.05, 0.1) is 6.10 Å². The number of rotatable bonds is 5. The molecule has 29 heavy (non-hydrogen) atoms. The zero-order chi connectivity index (χ0) is 21.2. The topological polar surface area (TPSA) is 20.2 Å². The Kier molecular flexibility index (Phi) is 7.31. The smallest absolute Gasteiger partial charge is 0.0583 e. The molecule has 1 heteroatoms. The van der Waals surface area contributed by atoms with Crippen LogP contribution in [0, 0.1) is 35.0 Å². The molecule has 1 N–H and O–H groups in total. The lowest BCUT2D eigenvalue weighted by atomic mass is 9.61. The van der Waals surface area contributed by atoms with Crippen molar-refractivity contribution in [3.05, 3.63) is 47.6 Å². The molecule has 162 valence electrons. The SMILES string of the molecule is C=C1CC[C@H](O)C/C1=C/C=C1\CCCC2(C)C1CC[C@H]2[C@@H](C)/C=C/[C@H](C)C(C)C. The molecule has 2 unspecified atom stereocenters. The van der Waals surface area contributed by atoms with Gasteiger partial charge in [0.1, 0.15) is 0 Å². The van der Waals surface area contributed by atoms with Crippen LogP contribution < -0.4 is 0 Å². The molecule has 0 spiro atoms. The number of aliphatic hydroxyl groups excluding tert-OH is 1. The van der Waals surface area contributed by atoms with Crippen molar-refractivity contribution in [2.45, 2.75) is 92.1 Å². The third kappa shape index (κ3) is 4.98. The van der Waals surface area contributed by atoms with E-state index >= 15 is 0 Å². The highest BCUT2D eigenvalue weighted by atomic mass is 16.3. The van der Waals surface area contributed by atoms with Gasteiger partial charge in [-0.2, -0.15) is 0 Å². The summed E-state index contributed by atoms with van der Waals surface area (Å²) in [6.07, 6.45) is 18.8. The zero-order valence-corrected chi connectivity index (χ0v) is 19.6. The molecule has 3 aliphatic carbocycles. The quantitative estimate of drug-likeness (QED) is 0.473. The first-order valence-electron chi connectivity index (χ1n) is 12.2. The average Bonchev–Trinajstić information content (AvgIpc) is 3.04. The summed E-state index contributed by atoms with van der Waals surface area (Å²) in [5.41, 5.74) is 4.61. The first kappa shape index (κ1) is 22.6. The van der Waals surface area contributed by atoms with Crippen molar-refractivity contribution >= 4 is 0 Å². The van der Waals surface area contributed by atoms with Gasteiger partial charge in [-0.05, 0) is 91.9 Å². The van der Waals surface area contributed by atoms with Crippen molar-refractivity contribution in [3.8, 4) is 0 Å². The molecule has 0 saturated heterocycles. The van der Waals surface area contributed by atoms with Gasteiger partial charge in [0.2, 0.25) is 0 Å². The van der Waals surface area contributed by atoms with Crippen molar-refractivity contribution in [2.75, 3.05) is 0 Å². The number of fused-ring (bicyclic) bond motifs is 1. The van der Waals surface area contributed by atoms with E-state index in [1.807, 2.05) is 0 Å². The highest BCUT2D eigenvalue weighted by molar-refractivity contribution is 5.36. The lowest BCUT2D eigenvalue weighted by Crippen LogP contribution is -2.35. The van der Waals surface area contributed by atoms with Gasteiger partial charge in [-0.3, -0.25) is 0 Å². The van der Waals surface area contributed by atoms with Crippen LogP contribution >= 0.6 is 0 Å². The third-order valence-corrected chi connectivity index (χ3v) is 8.63. The summed E-state index contributed by atoms with van der Waals surface area (Å²) < 4.78 is 0. The van der Waals surface area contributed by atoms with Crippen LogP contribution in [-0.2, 0) is 0 Å². The maximum atomic E-state index is 10.0. The first-order valence-corrected chi connectivity index (χ1v) is 12.2. The first-order chi connectivity index (χ1) is 13.7. The van der Waals surface area contributed by atoms with Crippen molar-refractivity contribution in [2.24, 2.45) is 35.0 Å². The summed E-state index contributed by atoms with van der Waals surface area (Å²) >= 11 is 0. The minimum atomic E-state index is -0.182. The maximum absolute atomic E-state index is 10.0. The van der Waals surface area contributed by atoms with Crippen LogP contribution in [-0.4, -0.2) is 11.2 Å². The Labute approximate surface area is 180 Å². The van der Waals surface area contributed by atoms with Crippen molar-refractivity contribution in [3.63, 3.8) is 0 Å². The van der Waals surface area contributed by atoms with Crippen LogP contribution in [0.4, 0.5) is 0 Å². The molecule has 3 fully saturated rings. The normalized spacial score (nSPS) is 38.2. The largest absolute Gasteiger partial charge is 0.393 e. The van der Waals surface area contributed by atoms with Crippen LogP contribution in [0.3, 0.4) is 0 Å². The third-order valence-electron chi connectivity index (χ3n) is 8.63. The Hall–Kier alpha value is -1.08. The van der Waals surface area contributed by atoms with Crippen LogP contribution in [0.15, 0.2) is 47.6 Å². The van der Waals surface area contributed by atoms with Crippen LogP contribution in [0.2, 0.25) is 0 Å². The molecule has 1 nitrogen and oxygen atoms in total. The standard InChI is InChI=1S/C28H44O/c1-19(2)20(3)9-10-22(5)26-15-16-27-23(8-7-17-28(26,27)6)12-13-24-18-25(29)14-11-21(24)4/h9-10,12-13,19-20,22,25-27,29H,4,7-8,11,14-18H2,1-3,5-6H3/b10-9+,23-12+,24-13-/t20-,22-,25-,26-,27?,28?/m0/s1.